The van der Waals surface area contributed by atoms with Gasteiger partial charge in [0.2, 0.25) is 0 Å². The highest BCUT2D eigenvalue weighted by Gasteiger charge is 2.27. The van der Waals surface area contributed by atoms with Crippen LogP contribution in [0.4, 0.5) is 5.82 Å². The van der Waals surface area contributed by atoms with Crippen LogP contribution in [0.2, 0.25) is 0 Å². The Morgan fingerprint density at radius 1 is 1.05 bits per heavy atom. The number of anilines is 1. The van der Waals surface area contributed by atoms with Gasteiger partial charge in [-0.3, -0.25) is 0 Å². The van der Waals surface area contributed by atoms with E-state index in [1.807, 2.05) is 12.1 Å². The fraction of sp³-hybridized carbons (Fsp3) is 0.375. The van der Waals surface area contributed by atoms with Gasteiger partial charge >= 0.3 is 0 Å². The predicted octanol–water partition coefficient (Wildman–Crippen LogP) is 2.80. The summed E-state index contributed by atoms with van der Waals surface area (Å²) >= 11 is 0. The van der Waals surface area contributed by atoms with Gasteiger partial charge in [-0.1, -0.05) is 6.07 Å². The Morgan fingerprint density at radius 3 is 2.65 bits per heavy atom. The summed E-state index contributed by atoms with van der Waals surface area (Å²) in [5, 5.41) is 18.7. The number of nitrogen functional groups attached to an aromatic ring is 1. The fourth-order valence-electron chi connectivity index (χ4n) is 3.15. The van der Waals surface area contributed by atoms with E-state index < -0.39 is 0 Å². The molecule has 0 bridgehead atoms. The zero-order valence-electron chi connectivity index (χ0n) is 11.3. The van der Waals surface area contributed by atoms with Crippen LogP contribution in [0.25, 0.3) is 11.3 Å². The van der Waals surface area contributed by atoms with Crippen LogP contribution >= 0.6 is 0 Å². The molecular weight excluding hydrogens is 250 g/mol. The molecule has 0 amide bonds. The second-order valence-corrected chi connectivity index (χ2v) is 5.85. The number of fused-ring (bicyclic) bond motifs is 3. The first-order chi connectivity index (χ1) is 9.72. The molecule has 0 atom stereocenters. The van der Waals surface area contributed by atoms with Crippen LogP contribution in [-0.2, 0) is 12.8 Å². The van der Waals surface area contributed by atoms with Crippen LogP contribution in [-0.4, -0.2) is 15.3 Å². The molecule has 4 rings (SSSR count). The summed E-state index contributed by atoms with van der Waals surface area (Å²) in [5.41, 5.74) is 10.9. The van der Waals surface area contributed by atoms with Gasteiger partial charge < -0.3 is 10.8 Å². The zero-order chi connectivity index (χ0) is 13.7. The van der Waals surface area contributed by atoms with Crippen molar-refractivity contribution in [2.45, 2.75) is 38.0 Å². The molecule has 0 radical (unpaired) electrons. The highest BCUT2D eigenvalue weighted by molar-refractivity contribution is 5.75. The average Bonchev–Trinajstić information content (AvgIpc) is 3.24. The number of nitrogens with zero attached hydrogens (tertiary/aromatic N) is 2. The van der Waals surface area contributed by atoms with Gasteiger partial charge in [0.1, 0.15) is 17.3 Å². The number of nitrogens with two attached hydrogens (primary N) is 1. The van der Waals surface area contributed by atoms with Crippen molar-refractivity contribution in [3.8, 4) is 17.0 Å². The van der Waals surface area contributed by atoms with E-state index >= 15 is 0 Å². The summed E-state index contributed by atoms with van der Waals surface area (Å²) < 4.78 is 0. The van der Waals surface area contributed by atoms with Gasteiger partial charge in [0.05, 0.1) is 0 Å². The minimum Gasteiger partial charge on any atom is -0.507 e. The Kier molecular flexibility index (Phi) is 2.46. The number of rotatable bonds is 1. The third kappa shape index (κ3) is 1.83. The van der Waals surface area contributed by atoms with Gasteiger partial charge in [-0.15, -0.1) is 10.2 Å². The number of aromatic nitrogens is 2. The van der Waals surface area contributed by atoms with Gasteiger partial charge in [0, 0.05) is 5.56 Å². The minimum absolute atomic E-state index is 0.339. The number of aryl methyl sites for hydroxylation is 2. The number of phenols is 1. The largest absolute Gasteiger partial charge is 0.507 e. The minimum atomic E-state index is 0.339. The number of benzene rings is 1. The zero-order valence-corrected chi connectivity index (χ0v) is 11.3. The SMILES string of the molecule is Nc1cc2c(nn1)-c1c(O)cc(C3CC3)cc1CCC2. The van der Waals surface area contributed by atoms with E-state index in [9.17, 15) is 5.11 Å². The van der Waals surface area contributed by atoms with Crippen molar-refractivity contribution in [2.75, 3.05) is 5.73 Å². The second kappa shape index (κ2) is 4.20. The Labute approximate surface area is 117 Å². The molecule has 1 heterocycles. The van der Waals surface area contributed by atoms with E-state index in [4.69, 9.17) is 5.73 Å². The summed E-state index contributed by atoms with van der Waals surface area (Å²) in [6.07, 6.45) is 5.44. The van der Waals surface area contributed by atoms with Gasteiger partial charge in [0.25, 0.3) is 0 Å². The average molecular weight is 267 g/mol. The monoisotopic (exact) mass is 267 g/mol. The third-order valence-electron chi connectivity index (χ3n) is 4.29. The molecule has 4 heteroatoms. The highest BCUT2D eigenvalue weighted by Crippen LogP contribution is 2.45. The van der Waals surface area contributed by atoms with Crippen molar-refractivity contribution < 1.29 is 5.11 Å². The summed E-state index contributed by atoms with van der Waals surface area (Å²) in [5.74, 6) is 1.43. The van der Waals surface area contributed by atoms with Crippen molar-refractivity contribution in [1.29, 1.82) is 0 Å². The molecule has 1 aromatic carbocycles. The fourth-order valence-corrected chi connectivity index (χ4v) is 3.15. The van der Waals surface area contributed by atoms with Crippen molar-refractivity contribution in [2.24, 2.45) is 0 Å². The summed E-state index contributed by atoms with van der Waals surface area (Å²) in [4.78, 5) is 0. The molecule has 102 valence electrons. The van der Waals surface area contributed by atoms with E-state index in [0.717, 1.165) is 36.1 Å². The van der Waals surface area contributed by atoms with E-state index in [-0.39, 0.29) is 0 Å². The molecule has 20 heavy (non-hydrogen) atoms. The number of phenolic OH excluding ortho intramolecular Hbond substituents is 1. The molecule has 2 aliphatic rings. The molecule has 4 nitrogen and oxygen atoms in total. The van der Waals surface area contributed by atoms with Crippen LogP contribution in [0.3, 0.4) is 0 Å². The molecule has 2 aliphatic carbocycles. The van der Waals surface area contributed by atoms with Crippen molar-refractivity contribution >= 4 is 5.82 Å². The molecule has 0 unspecified atom stereocenters. The Balaban J connectivity index is 1.93. The summed E-state index contributed by atoms with van der Waals surface area (Å²) in [6, 6.07) is 6.04. The first-order valence-electron chi connectivity index (χ1n) is 7.20. The molecule has 1 saturated carbocycles. The van der Waals surface area contributed by atoms with Crippen molar-refractivity contribution in [3.63, 3.8) is 0 Å². The van der Waals surface area contributed by atoms with E-state index in [2.05, 4.69) is 16.3 Å². The normalized spacial score (nSPS) is 17.2. The molecule has 1 aromatic heterocycles. The molecule has 0 saturated heterocycles. The second-order valence-electron chi connectivity index (χ2n) is 5.85. The van der Waals surface area contributed by atoms with Crippen LogP contribution in [0.5, 0.6) is 5.75 Å². The molecule has 1 fully saturated rings. The lowest BCUT2D eigenvalue weighted by atomic mass is 9.96. The number of aromatic hydroxyl groups is 1. The molecule has 0 aliphatic heterocycles. The first-order valence-corrected chi connectivity index (χ1v) is 7.20. The Morgan fingerprint density at radius 2 is 1.85 bits per heavy atom. The topological polar surface area (TPSA) is 72.0 Å². The third-order valence-corrected chi connectivity index (χ3v) is 4.29. The highest BCUT2D eigenvalue weighted by atomic mass is 16.3. The van der Waals surface area contributed by atoms with E-state index in [1.54, 1.807) is 0 Å². The van der Waals surface area contributed by atoms with Gasteiger partial charge in [-0.05, 0) is 66.8 Å². The van der Waals surface area contributed by atoms with Crippen LogP contribution < -0.4 is 5.73 Å². The Bertz CT molecular complexity index is 692. The van der Waals surface area contributed by atoms with Gasteiger partial charge in [0.15, 0.2) is 0 Å². The van der Waals surface area contributed by atoms with Crippen LogP contribution in [0.1, 0.15) is 41.9 Å². The van der Waals surface area contributed by atoms with E-state index in [0.29, 0.717) is 17.5 Å². The lowest BCUT2D eigenvalue weighted by Gasteiger charge is -2.12. The maximum absolute atomic E-state index is 10.5. The lowest BCUT2D eigenvalue weighted by molar-refractivity contribution is 0.475. The Hall–Kier alpha value is -2.10. The van der Waals surface area contributed by atoms with Gasteiger partial charge in [-0.25, -0.2) is 0 Å². The molecule has 0 spiro atoms. The van der Waals surface area contributed by atoms with Crippen LogP contribution in [0, 0.1) is 0 Å². The molecule has 3 N–H and O–H groups in total. The van der Waals surface area contributed by atoms with Gasteiger partial charge in [-0.2, -0.15) is 0 Å². The maximum atomic E-state index is 10.5. The quantitative estimate of drug-likeness (QED) is 0.833. The van der Waals surface area contributed by atoms with Crippen LogP contribution in [0.15, 0.2) is 18.2 Å². The first kappa shape index (κ1) is 11.7. The summed E-state index contributed by atoms with van der Waals surface area (Å²) in [6.45, 7) is 0. The maximum Gasteiger partial charge on any atom is 0.146 e. The lowest BCUT2D eigenvalue weighted by Crippen LogP contribution is -2.00. The predicted molar refractivity (Wildman–Crippen MR) is 77.5 cm³/mol. The van der Waals surface area contributed by atoms with E-state index in [1.165, 1.54) is 24.0 Å². The molecule has 2 aromatic rings. The number of hydrogen-bond acceptors (Lipinski definition) is 4. The van der Waals surface area contributed by atoms with Crippen molar-refractivity contribution in [3.05, 3.63) is 34.9 Å². The van der Waals surface area contributed by atoms with Crippen molar-refractivity contribution in [1.82, 2.24) is 10.2 Å². The molecular formula is C16H17N3O. The smallest absolute Gasteiger partial charge is 0.146 e. The number of hydrogen-bond donors (Lipinski definition) is 2. The standard InChI is InChI=1S/C16H17N3O/c17-14-8-11-3-1-2-10-6-12(9-4-5-9)7-13(20)15(10)16(11)19-18-14/h6-9,20H,1-5H2,(H2,17,18). The summed E-state index contributed by atoms with van der Waals surface area (Å²) in [7, 11) is 0.